The first-order chi connectivity index (χ1) is 33.4. The summed E-state index contributed by atoms with van der Waals surface area (Å²) in [4.78, 5) is 0. The molecule has 4 heteroatoms. The van der Waals surface area contributed by atoms with E-state index in [9.17, 15) is 2.74 Å². The van der Waals surface area contributed by atoms with Crippen molar-refractivity contribution in [3.05, 3.63) is 243 Å². The topological polar surface area (TPSA) is 23.0 Å². The molecule has 0 aliphatic heterocycles. The van der Waals surface area contributed by atoms with E-state index in [1.54, 1.807) is 0 Å². The zero-order valence-corrected chi connectivity index (χ0v) is 35.6. The van der Waals surface area contributed by atoms with Crippen LogP contribution in [0.25, 0.3) is 88.1 Å². The van der Waals surface area contributed by atoms with Crippen LogP contribution in [-0.4, -0.2) is 17.2 Å². The molecule has 0 saturated heterocycles. The minimum absolute atomic E-state index is 0.0601. The second-order valence-corrected chi connectivity index (χ2v) is 20.3. The van der Waals surface area contributed by atoms with E-state index in [1.165, 1.54) is 31.9 Å². The molecule has 64 heavy (non-hydrogen) atoms. The van der Waals surface area contributed by atoms with Crippen molar-refractivity contribution < 1.29 is 9.90 Å². The third kappa shape index (κ3) is 5.33. The molecular weight excluding hydrogens is 793 g/mol. The van der Waals surface area contributed by atoms with Crippen molar-refractivity contribution in [1.82, 2.24) is 9.13 Å². The van der Waals surface area contributed by atoms with Gasteiger partial charge in [0.15, 0.2) is 8.07 Å². The van der Waals surface area contributed by atoms with E-state index in [0.29, 0.717) is 16.5 Å². The van der Waals surface area contributed by atoms with Gasteiger partial charge < -0.3 is 13.6 Å². The van der Waals surface area contributed by atoms with Gasteiger partial charge >= 0.3 is 0 Å². The van der Waals surface area contributed by atoms with Crippen molar-refractivity contribution >= 4 is 94.4 Å². The summed E-state index contributed by atoms with van der Waals surface area (Å²) in [5, 5.41) is 10.2. The van der Waals surface area contributed by atoms with Crippen molar-refractivity contribution in [3.8, 4) is 22.5 Å². The largest absolute Gasteiger partial charge is 0.456 e. The lowest BCUT2D eigenvalue weighted by molar-refractivity contribution is 0.669. The van der Waals surface area contributed by atoms with Crippen LogP contribution < -0.4 is 20.7 Å². The molecule has 300 valence electrons. The van der Waals surface area contributed by atoms with Crippen LogP contribution >= 0.6 is 0 Å². The Morgan fingerprint density at radius 1 is 0.375 bits per heavy atom. The number of benzene rings is 10. The van der Waals surface area contributed by atoms with Gasteiger partial charge in [-0.2, -0.15) is 0 Å². The molecule has 0 radical (unpaired) electrons. The fourth-order valence-electron chi connectivity index (χ4n) is 10.5. The molecule has 3 nitrogen and oxygen atoms in total. The Kier molecular flexibility index (Phi) is 7.34. The molecule has 0 amide bonds. The summed E-state index contributed by atoms with van der Waals surface area (Å²) in [6.07, 6.45) is 0. The number of nitrogens with zero attached hydrogens (tertiary/aromatic N) is 2. The first-order valence-electron chi connectivity index (χ1n) is 23.7. The molecule has 0 aliphatic rings. The lowest BCUT2D eigenvalue weighted by atomic mass is 10.1. The van der Waals surface area contributed by atoms with E-state index >= 15 is 0 Å². The van der Waals surface area contributed by atoms with Gasteiger partial charge in [-0.1, -0.05) is 200 Å². The number of hydrogen-bond donors (Lipinski definition) is 0. The van der Waals surface area contributed by atoms with Gasteiger partial charge in [-0.3, -0.25) is 0 Å². The molecule has 0 aliphatic carbocycles. The SMILES string of the molecule is [2H]c1c([2H])c([2H])c2c(c1[2H])c1ccccc1n2-c1cc2oc3ccccc3c2c2c1c1ccccc1n2-c1cccc([Si](c2ccccc2)(c2ccccc2)c2cccc(-c3ccccc3)c2)c1. The average molecular weight is 837 g/mol. The summed E-state index contributed by atoms with van der Waals surface area (Å²) in [7, 11) is -3.07. The predicted octanol–water partition coefficient (Wildman–Crippen LogP) is 12.8. The van der Waals surface area contributed by atoms with Gasteiger partial charge in [0.05, 0.1) is 38.6 Å². The molecule has 0 fully saturated rings. The number of furan rings is 1. The Morgan fingerprint density at radius 3 is 1.69 bits per heavy atom. The van der Waals surface area contributed by atoms with E-state index in [4.69, 9.17) is 7.16 Å². The van der Waals surface area contributed by atoms with Crippen LogP contribution in [0.5, 0.6) is 0 Å². The van der Waals surface area contributed by atoms with Gasteiger partial charge in [-0.15, -0.1) is 0 Å². The van der Waals surface area contributed by atoms with E-state index in [1.807, 2.05) is 41.0 Å². The lowest BCUT2D eigenvalue weighted by Gasteiger charge is -2.35. The zero-order valence-electron chi connectivity index (χ0n) is 38.6. The lowest BCUT2D eigenvalue weighted by Crippen LogP contribution is -2.74. The van der Waals surface area contributed by atoms with Crippen LogP contribution in [0.1, 0.15) is 5.48 Å². The summed E-state index contributed by atoms with van der Waals surface area (Å²) in [6.45, 7) is 0. The van der Waals surface area contributed by atoms with Crippen molar-refractivity contribution in [2.75, 3.05) is 0 Å². The molecule has 13 rings (SSSR count). The Bertz CT molecular complexity index is 4100. The third-order valence-corrected chi connectivity index (χ3v) is 17.9. The molecule has 10 aromatic carbocycles. The number of para-hydroxylation sites is 4. The predicted molar refractivity (Wildman–Crippen MR) is 271 cm³/mol. The van der Waals surface area contributed by atoms with E-state index in [0.717, 1.165) is 60.4 Å². The highest BCUT2D eigenvalue weighted by atomic mass is 28.3. The number of hydrogen-bond acceptors (Lipinski definition) is 1. The van der Waals surface area contributed by atoms with Crippen LogP contribution in [0.4, 0.5) is 0 Å². The molecule has 3 heterocycles. The molecule has 13 aromatic rings. The van der Waals surface area contributed by atoms with Crippen LogP contribution in [-0.2, 0) is 0 Å². The minimum Gasteiger partial charge on any atom is -0.456 e. The van der Waals surface area contributed by atoms with Gasteiger partial charge in [0.1, 0.15) is 11.2 Å². The van der Waals surface area contributed by atoms with Crippen LogP contribution in [0.15, 0.2) is 247 Å². The smallest absolute Gasteiger partial charge is 0.179 e. The molecule has 0 N–H and O–H groups in total. The third-order valence-electron chi connectivity index (χ3n) is 13.2. The van der Waals surface area contributed by atoms with Gasteiger partial charge in [-0.05, 0) is 68.2 Å². The summed E-state index contributed by atoms with van der Waals surface area (Å²) < 4.78 is 47.5. The van der Waals surface area contributed by atoms with Crippen LogP contribution in [0.2, 0.25) is 0 Å². The number of rotatable bonds is 7. The minimum atomic E-state index is -3.07. The van der Waals surface area contributed by atoms with Crippen molar-refractivity contribution in [1.29, 1.82) is 0 Å². The fourth-order valence-corrected chi connectivity index (χ4v) is 15.3. The van der Waals surface area contributed by atoms with Gasteiger partial charge in [0, 0.05) is 38.7 Å². The van der Waals surface area contributed by atoms with E-state index < -0.39 is 8.07 Å². The quantitative estimate of drug-likeness (QED) is 0.116. The molecular formula is C60H40N2OSi. The van der Waals surface area contributed by atoms with E-state index in [-0.39, 0.29) is 24.2 Å². The molecule has 0 spiro atoms. The zero-order chi connectivity index (χ0) is 45.7. The van der Waals surface area contributed by atoms with Gasteiger partial charge in [0.2, 0.25) is 0 Å². The van der Waals surface area contributed by atoms with Crippen molar-refractivity contribution in [3.63, 3.8) is 0 Å². The Hall–Kier alpha value is -8.18. The monoisotopic (exact) mass is 836 g/mol. The van der Waals surface area contributed by atoms with Crippen molar-refractivity contribution in [2.24, 2.45) is 0 Å². The highest BCUT2D eigenvalue weighted by Gasteiger charge is 2.42. The standard InChI is InChI=1S/C60H40N2OSi/c1-4-20-41(21-5-1)42-22-18-28-46(38-42)64(44-24-6-2-7-25-44,45-26-8-3-9-27-45)47-29-19-23-43(39-47)61-54-36-16-12-32-50(54)58-55(40-57-59(60(58)61)51-33-13-17-37-56(51)63-57)62-52-34-14-10-30-48(52)49-31-11-15-35-53(49)62/h1-40H/i10D,14D,30D,34D. The maximum Gasteiger partial charge on any atom is 0.179 e. The highest BCUT2D eigenvalue weighted by Crippen LogP contribution is 2.45. The maximum atomic E-state index is 9.43. The summed E-state index contributed by atoms with van der Waals surface area (Å²) >= 11 is 0. The molecule has 0 unspecified atom stereocenters. The number of aromatic nitrogens is 2. The summed E-state index contributed by atoms with van der Waals surface area (Å²) in [6, 6.07) is 76.9. The molecule has 0 atom stereocenters. The van der Waals surface area contributed by atoms with Crippen LogP contribution in [0.3, 0.4) is 0 Å². The molecule has 3 aromatic heterocycles. The first-order valence-corrected chi connectivity index (χ1v) is 23.7. The Morgan fingerprint density at radius 2 is 0.938 bits per heavy atom. The number of fused-ring (bicyclic) bond motifs is 10. The van der Waals surface area contributed by atoms with Gasteiger partial charge in [-0.25, -0.2) is 0 Å². The maximum absolute atomic E-state index is 9.43. The highest BCUT2D eigenvalue weighted by molar-refractivity contribution is 7.20. The van der Waals surface area contributed by atoms with Gasteiger partial charge in [0.25, 0.3) is 0 Å². The summed E-state index contributed by atoms with van der Waals surface area (Å²) in [5.74, 6) is 0. The summed E-state index contributed by atoms with van der Waals surface area (Å²) in [5.41, 5.74) is 8.68. The van der Waals surface area contributed by atoms with Crippen molar-refractivity contribution in [2.45, 2.75) is 0 Å². The second kappa shape index (κ2) is 14.5. The fraction of sp³-hybridized carbons (Fsp3) is 0. The molecule has 0 bridgehead atoms. The molecule has 0 saturated carbocycles. The second-order valence-electron chi connectivity index (χ2n) is 16.5. The normalized spacial score (nSPS) is 12.9. The van der Waals surface area contributed by atoms with Crippen LogP contribution in [0, 0.1) is 0 Å². The Labute approximate surface area is 376 Å². The first kappa shape index (κ1) is 32.5. The van der Waals surface area contributed by atoms with E-state index in [2.05, 4.69) is 187 Å². The Balaban J connectivity index is 1.18. The average Bonchev–Trinajstić information content (AvgIpc) is 4.07.